The van der Waals surface area contributed by atoms with Gasteiger partial charge in [-0.1, -0.05) is 19.3 Å². The van der Waals surface area contributed by atoms with Gasteiger partial charge in [-0.05, 0) is 12.8 Å². The Hall–Kier alpha value is -0.265. The zero-order valence-corrected chi connectivity index (χ0v) is 5.37. The Morgan fingerprint density at radius 3 is 2.00 bits per heavy atom. The molecular weight excluding hydrogens is 102 g/mol. The molecular formula is C6H10BF. The normalized spacial score (nSPS) is 13.4. The second-order valence-electron chi connectivity index (χ2n) is 1.64. The van der Waals surface area contributed by atoms with E-state index in [0.717, 1.165) is 0 Å². The van der Waals surface area contributed by atoms with Gasteiger partial charge in [0.2, 0.25) is 0 Å². The van der Waals surface area contributed by atoms with Crippen LogP contribution >= 0.6 is 0 Å². The third kappa shape index (κ3) is 2.15. The van der Waals surface area contributed by atoms with Crippen LogP contribution in [0.15, 0.2) is 11.3 Å². The van der Waals surface area contributed by atoms with Crippen LogP contribution in [0.1, 0.15) is 26.7 Å². The molecule has 0 amide bonds. The molecule has 0 saturated heterocycles. The maximum Gasteiger partial charge on any atom is 0.111 e. The molecule has 0 nitrogen and oxygen atoms in total. The van der Waals surface area contributed by atoms with Crippen molar-refractivity contribution < 1.29 is 4.39 Å². The van der Waals surface area contributed by atoms with Crippen LogP contribution in [-0.2, 0) is 0 Å². The molecule has 0 aromatic heterocycles. The van der Waals surface area contributed by atoms with Crippen LogP contribution in [0.25, 0.3) is 0 Å². The van der Waals surface area contributed by atoms with Crippen molar-refractivity contribution in [2.75, 3.05) is 0 Å². The highest BCUT2D eigenvalue weighted by atomic mass is 19.1. The summed E-state index contributed by atoms with van der Waals surface area (Å²) in [6.07, 6.45) is 1.03. The molecule has 0 fully saturated rings. The average molecular weight is 112 g/mol. The lowest BCUT2D eigenvalue weighted by Crippen LogP contribution is -1.82. The maximum absolute atomic E-state index is 12.3. The van der Waals surface area contributed by atoms with Crippen molar-refractivity contribution in [1.29, 1.82) is 0 Å². The molecule has 0 aliphatic heterocycles. The predicted octanol–water partition coefficient (Wildman–Crippen LogP) is 2.16. The van der Waals surface area contributed by atoms with E-state index in [1.54, 1.807) is 6.92 Å². The number of rotatable bonds is 2. The summed E-state index contributed by atoms with van der Waals surface area (Å²) in [6, 6.07) is 0. The summed E-state index contributed by atoms with van der Waals surface area (Å²) >= 11 is 0. The first-order chi connectivity index (χ1) is 3.72. The number of halogens is 1. The van der Waals surface area contributed by atoms with Crippen LogP contribution in [0, 0.1) is 0 Å². The second kappa shape index (κ2) is 3.70. The fraction of sp³-hybridized carbons (Fsp3) is 0.667. The highest BCUT2D eigenvalue weighted by Gasteiger charge is 1.92. The van der Waals surface area contributed by atoms with E-state index in [2.05, 4.69) is 0 Å². The van der Waals surface area contributed by atoms with Gasteiger partial charge in [-0.2, -0.15) is 0 Å². The highest BCUT2D eigenvalue weighted by molar-refractivity contribution is 6.21. The van der Waals surface area contributed by atoms with E-state index in [1.807, 2.05) is 6.92 Å². The minimum Gasteiger partial charge on any atom is -0.213 e. The van der Waals surface area contributed by atoms with Crippen molar-refractivity contribution in [3.05, 3.63) is 11.3 Å². The molecule has 0 bridgehead atoms. The molecule has 0 aliphatic carbocycles. The van der Waals surface area contributed by atoms with Crippen molar-refractivity contribution >= 4 is 7.85 Å². The zero-order chi connectivity index (χ0) is 6.57. The Bertz CT molecular complexity index is 84.7. The van der Waals surface area contributed by atoms with Gasteiger partial charge in [0.1, 0.15) is 7.85 Å². The minimum absolute atomic E-state index is 0.174. The van der Waals surface area contributed by atoms with Gasteiger partial charge in [0.25, 0.3) is 0 Å². The summed E-state index contributed by atoms with van der Waals surface area (Å²) in [5.41, 5.74) is 0.382. The minimum atomic E-state index is -0.174. The summed E-state index contributed by atoms with van der Waals surface area (Å²) in [4.78, 5) is 0. The summed E-state index contributed by atoms with van der Waals surface area (Å²) in [7, 11) is 5.23. The SMILES string of the molecule is [B]/C(CC)=C(\F)CC. The fourth-order valence-electron chi connectivity index (χ4n) is 0.419. The molecule has 0 atom stereocenters. The van der Waals surface area contributed by atoms with E-state index in [1.165, 1.54) is 0 Å². The molecule has 0 rings (SSSR count). The third-order valence-corrected chi connectivity index (χ3v) is 1.04. The topological polar surface area (TPSA) is 0 Å². The molecule has 44 valence electrons. The van der Waals surface area contributed by atoms with Crippen molar-refractivity contribution in [3.8, 4) is 0 Å². The molecule has 0 saturated carbocycles. The first kappa shape index (κ1) is 7.73. The lowest BCUT2D eigenvalue weighted by Gasteiger charge is -1.95. The van der Waals surface area contributed by atoms with Gasteiger partial charge in [0, 0.05) is 0 Å². The van der Waals surface area contributed by atoms with Crippen molar-refractivity contribution in [1.82, 2.24) is 0 Å². The molecule has 2 heteroatoms. The Labute approximate surface area is 51.2 Å². The number of hydrogen-bond donors (Lipinski definition) is 0. The van der Waals surface area contributed by atoms with E-state index in [4.69, 9.17) is 7.85 Å². The van der Waals surface area contributed by atoms with Gasteiger partial charge in [-0.25, -0.2) is 4.39 Å². The predicted molar refractivity (Wildman–Crippen MR) is 34.5 cm³/mol. The Morgan fingerprint density at radius 1 is 1.38 bits per heavy atom. The van der Waals surface area contributed by atoms with Crippen LogP contribution in [0.2, 0.25) is 0 Å². The van der Waals surface area contributed by atoms with Crippen molar-refractivity contribution in [2.45, 2.75) is 26.7 Å². The Kier molecular flexibility index (Phi) is 3.58. The van der Waals surface area contributed by atoms with Crippen LogP contribution in [0.3, 0.4) is 0 Å². The first-order valence-electron chi connectivity index (χ1n) is 2.85. The van der Waals surface area contributed by atoms with Crippen LogP contribution < -0.4 is 0 Å². The summed E-state index contributed by atoms with van der Waals surface area (Å²) in [6.45, 7) is 3.59. The standard InChI is InChI=1S/C6H10BF/c1-3-5(7)6(8)4-2/h3-4H2,1-2H3/b6-5-. The fourth-order valence-corrected chi connectivity index (χ4v) is 0.419. The number of allylic oxidation sites excluding steroid dienone is 2. The summed E-state index contributed by atoms with van der Waals surface area (Å²) in [5, 5.41) is 0. The molecule has 0 spiro atoms. The quantitative estimate of drug-likeness (QED) is 0.480. The lowest BCUT2D eigenvalue weighted by molar-refractivity contribution is 0.595. The molecule has 8 heavy (non-hydrogen) atoms. The van der Waals surface area contributed by atoms with Crippen molar-refractivity contribution in [3.63, 3.8) is 0 Å². The average Bonchev–Trinajstić information content (AvgIpc) is 1.84. The molecule has 0 unspecified atom stereocenters. The van der Waals surface area contributed by atoms with Crippen LogP contribution in [0.4, 0.5) is 4.39 Å². The Balaban J connectivity index is 3.83. The summed E-state index contributed by atoms with van der Waals surface area (Å²) < 4.78 is 12.3. The highest BCUT2D eigenvalue weighted by Crippen LogP contribution is 2.08. The summed E-state index contributed by atoms with van der Waals surface area (Å²) in [5.74, 6) is -0.174. The molecule has 0 aliphatic rings. The van der Waals surface area contributed by atoms with Crippen molar-refractivity contribution in [2.24, 2.45) is 0 Å². The van der Waals surface area contributed by atoms with Gasteiger partial charge in [0.05, 0.1) is 5.83 Å². The van der Waals surface area contributed by atoms with Crippen LogP contribution in [-0.4, -0.2) is 7.85 Å². The van der Waals surface area contributed by atoms with Gasteiger partial charge in [-0.3, -0.25) is 0 Å². The third-order valence-electron chi connectivity index (χ3n) is 1.04. The zero-order valence-electron chi connectivity index (χ0n) is 5.37. The largest absolute Gasteiger partial charge is 0.213 e. The van der Waals surface area contributed by atoms with Gasteiger partial charge < -0.3 is 0 Å². The molecule has 0 heterocycles. The van der Waals surface area contributed by atoms with Gasteiger partial charge >= 0.3 is 0 Å². The van der Waals surface area contributed by atoms with Gasteiger partial charge in [0.15, 0.2) is 0 Å². The van der Waals surface area contributed by atoms with E-state index < -0.39 is 0 Å². The van der Waals surface area contributed by atoms with Crippen LogP contribution in [0.5, 0.6) is 0 Å². The molecule has 0 aromatic carbocycles. The maximum atomic E-state index is 12.3. The molecule has 2 radical (unpaired) electrons. The molecule has 0 N–H and O–H groups in total. The van der Waals surface area contributed by atoms with E-state index >= 15 is 0 Å². The lowest BCUT2D eigenvalue weighted by atomic mass is 9.92. The smallest absolute Gasteiger partial charge is 0.111 e. The Morgan fingerprint density at radius 2 is 1.88 bits per heavy atom. The number of hydrogen-bond acceptors (Lipinski definition) is 0. The van der Waals surface area contributed by atoms with E-state index in [0.29, 0.717) is 18.3 Å². The monoisotopic (exact) mass is 112 g/mol. The van der Waals surface area contributed by atoms with Gasteiger partial charge in [-0.15, -0.1) is 0 Å². The first-order valence-corrected chi connectivity index (χ1v) is 2.85. The second-order valence-corrected chi connectivity index (χ2v) is 1.64. The van der Waals surface area contributed by atoms with E-state index in [9.17, 15) is 4.39 Å². The van der Waals surface area contributed by atoms with E-state index in [-0.39, 0.29) is 5.83 Å². The molecule has 0 aromatic rings.